The molecular weight excluding hydrogens is 549 g/mol. The summed E-state index contributed by atoms with van der Waals surface area (Å²) in [7, 11) is -3.54. The molecule has 2 aliphatic rings. The highest BCUT2D eigenvalue weighted by Gasteiger charge is 2.47. The lowest BCUT2D eigenvalue weighted by molar-refractivity contribution is -0.153. The predicted molar refractivity (Wildman–Crippen MR) is 142 cm³/mol. The molecule has 5 rings (SSSR count). The van der Waals surface area contributed by atoms with E-state index in [1.807, 2.05) is 32.0 Å². The number of aromatic nitrogens is 2. The lowest BCUT2D eigenvalue weighted by Crippen LogP contribution is -2.50. The average Bonchev–Trinajstić information content (AvgIpc) is 3.34. The van der Waals surface area contributed by atoms with E-state index >= 15 is 0 Å². The van der Waals surface area contributed by atoms with E-state index in [2.05, 4.69) is 10.6 Å². The molecular formula is C27H29F3N4O5S. The number of nitrogens with zero attached hydrogens (tertiary/aromatic N) is 2. The zero-order chi connectivity index (χ0) is 29.0. The summed E-state index contributed by atoms with van der Waals surface area (Å²) < 4.78 is 67.8. The summed E-state index contributed by atoms with van der Waals surface area (Å²) >= 11 is 0. The highest BCUT2D eigenvalue weighted by atomic mass is 32.2. The van der Waals surface area contributed by atoms with Gasteiger partial charge in [0.25, 0.3) is 5.91 Å². The Morgan fingerprint density at radius 2 is 1.90 bits per heavy atom. The monoisotopic (exact) mass is 578 g/mol. The Morgan fingerprint density at radius 3 is 2.55 bits per heavy atom. The number of halogens is 3. The van der Waals surface area contributed by atoms with Gasteiger partial charge in [-0.25, -0.2) is 13.1 Å². The molecule has 0 saturated heterocycles. The number of rotatable bonds is 7. The Balaban J connectivity index is 1.54. The van der Waals surface area contributed by atoms with E-state index < -0.39 is 46.0 Å². The maximum Gasteiger partial charge on any atom is 0.422 e. The maximum atomic E-state index is 13.6. The van der Waals surface area contributed by atoms with Gasteiger partial charge in [-0.05, 0) is 73.2 Å². The van der Waals surface area contributed by atoms with Gasteiger partial charge < -0.3 is 20.5 Å². The van der Waals surface area contributed by atoms with Crippen molar-refractivity contribution in [3.8, 4) is 11.4 Å². The molecule has 0 saturated carbocycles. The van der Waals surface area contributed by atoms with E-state index in [1.165, 1.54) is 10.7 Å². The van der Waals surface area contributed by atoms with Gasteiger partial charge in [-0.2, -0.15) is 18.3 Å². The molecule has 2 aromatic carbocycles. The number of aliphatic hydroxyl groups excluding tert-OH is 1. The number of alkyl halides is 3. The van der Waals surface area contributed by atoms with E-state index in [-0.39, 0.29) is 17.1 Å². The summed E-state index contributed by atoms with van der Waals surface area (Å²) in [6.45, 7) is 2.43. The molecule has 1 amide bonds. The van der Waals surface area contributed by atoms with Crippen molar-refractivity contribution in [2.45, 2.75) is 51.1 Å². The number of hydrogen-bond donors (Lipinski definition) is 3. The zero-order valence-corrected chi connectivity index (χ0v) is 22.9. The number of carbonyl (C=O) groups excluding carboxylic acids is 1. The molecule has 2 heterocycles. The molecule has 1 aliphatic heterocycles. The van der Waals surface area contributed by atoms with E-state index in [0.29, 0.717) is 30.6 Å². The minimum atomic E-state index is -4.46. The van der Waals surface area contributed by atoms with Crippen LogP contribution in [0.25, 0.3) is 5.69 Å². The van der Waals surface area contributed by atoms with Crippen molar-refractivity contribution in [3.63, 3.8) is 0 Å². The summed E-state index contributed by atoms with van der Waals surface area (Å²) in [5.41, 5.74) is 3.88. The van der Waals surface area contributed by atoms with E-state index in [1.54, 1.807) is 12.1 Å². The van der Waals surface area contributed by atoms with Crippen LogP contribution in [0.5, 0.6) is 5.75 Å². The van der Waals surface area contributed by atoms with Crippen LogP contribution in [-0.4, -0.2) is 60.2 Å². The van der Waals surface area contributed by atoms with Crippen molar-refractivity contribution in [2.24, 2.45) is 0 Å². The molecule has 0 bridgehead atoms. The van der Waals surface area contributed by atoms with Gasteiger partial charge in [0.05, 0.1) is 22.7 Å². The fourth-order valence-corrected chi connectivity index (χ4v) is 6.27. The van der Waals surface area contributed by atoms with Gasteiger partial charge in [0, 0.05) is 12.7 Å². The Bertz CT molecular complexity index is 1580. The Kier molecular flexibility index (Phi) is 6.86. The highest BCUT2D eigenvalue weighted by Crippen LogP contribution is 2.44. The van der Waals surface area contributed by atoms with Gasteiger partial charge in [-0.3, -0.25) is 4.79 Å². The highest BCUT2D eigenvalue weighted by molar-refractivity contribution is 7.90. The molecule has 3 N–H and O–H groups in total. The van der Waals surface area contributed by atoms with Crippen LogP contribution in [0.3, 0.4) is 0 Å². The third kappa shape index (κ3) is 5.66. The van der Waals surface area contributed by atoms with Crippen LogP contribution < -0.4 is 15.4 Å². The van der Waals surface area contributed by atoms with Crippen LogP contribution >= 0.6 is 0 Å². The van der Waals surface area contributed by atoms with Crippen LogP contribution in [0.1, 0.15) is 44.7 Å². The summed E-state index contributed by atoms with van der Waals surface area (Å²) in [6, 6.07) is 10.4. The second-order valence-electron chi connectivity index (χ2n) is 10.6. The molecule has 13 heteroatoms. The molecule has 1 aliphatic carbocycles. The standard InChI is InChI=1S/C27H29F3N4O5S/c1-15-8-16(2)10-18(9-15)34-24(31-22(35)13-40(3,37)38)23-21(33-34)12-26(32-25(23)36)7-6-17-11-19(4-5-20(17)26)39-14-27(28,29)30/h4-5,8-11,22,31,35H,6-7,12-14H2,1-3H3,(H,32,36)/t22?,26-/m0/s1. The number of ether oxygens (including phenoxy) is 1. The fraction of sp³-hybridized carbons (Fsp3) is 0.407. The third-order valence-electron chi connectivity index (χ3n) is 7.04. The summed E-state index contributed by atoms with van der Waals surface area (Å²) in [5, 5.41) is 21.1. The molecule has 0 fully saturated rings. The second kappa shape index (κ2) is 9.81. The first-order chi connectivity index (χ1) is 18.6. The van der Waals surface area contributed by atoms with Gasteiger partial charge in [0.15, 0.2) is 16.4 Å². The molecule has 3 aromatic rings. The molecule has 1 unspecified atom stereocenters. The number of aliphatic hydroxyl groups is 1. The summed E-state index contributed by atoms with van der Waals surface area (Å²) in [6.07, 6.45) is -3.63. The lowest BCUT2D eigenvalue weighted by Gasteiger charge is -2.35. The lowest BCUT2D eigenvalue weighted by atomic mass is 9.82. The number of nitrogens with one attached hydrogen (secondary N) is 2. The van der Waals surface area contributed by atoms with Crippen molar-refractivity contribution in [2.75, 3.05) is 23.9 Å². The molecule has 214 valence electrons. The minimum absolute atomic E-state index is 0.0985. The molecule has 2 atom stereocenters. The number of anilines is 1. The third-order valence-corrected chi connectivity index (χ3v) is 7.96. The molecule has 40 heavy (non-hydrogen) atoms. The average molecular weight is 579 g/mol. The number of carbonyl (C=O) groups is 1. The minimum Gasteiger partial charge on any atom is -0.484 e. The van der Waals surface area contributed by atoms with Crippen LogP contribution in [0.15, 0.2) is 36.4 Å². The van der Waals surface area contributed by atoms with Crippen molar-refractivity contribution in [1.29, 1.82) is 0 Å². The number of fused-ring (bicyclic) bond motifs is 3. The van der Waals surface area contributed by atoms with Gasteiger partial charge in [-0.1, -0.05) is 12.1 Å². The van der Waals surface area contributed by atoms with E-state index in [0.717, 1.165) is 28.5 Å². The largest absolute Gasteiger partial charge is 0.484 e. The topological polar surface area (TPSA) is 123 Å². The number of benzene rings is 2. The normalized spacial score (nSPS) is 19.2. The molecule has 1 spiro atoms. The summed E-state index contributed by atoms with van der Waals surface area (Å²) in [5.74, 6) is -0.771. The van der Waals surface area contributed by atoms with Gasteiger partial charge in [-0.15, -0.1) is 0 Å². The molecule has 9 nitrogen and oxygen atoms in total. The predicted octanol–water partition coefficient (Wildman–Crippen LogP) is 3.33. The molecule has 0 radical (unpaired) electrons. The van der Waals surface area contributed by atoms with E-state index in [9.17, 15) is 31.5 Å². The van der Waals surface area contributed by atoms with Crippen molar-refractivity contribution < 1.29 is 36.2 Å². The van der Waals surface area contributed by atoms with Crippen LogP contribution in [-0.2, 0) is 28.2 Å². The first-order valence-electron chi connectivity index (χ1n) is 12.6. The quantitative estimate of drug-likeness (QED) is 0.368. The number of aryl methyl sites for hydroxylation is 3. The maximum absolute atomic E-state index is 13.6. The molecule has 1 aromatic heterocycles. The number of amides is 1. The van der Waals surface area contributed by atoms with Crippen LogP contribution in [0.2, 0.25) is 0 Å². The van der Waals surface area contributed by atoms with E-state index in [4.69, 9.17) is 9.84 Å². The Hall–Kier alpha value is -3.58. The van der Waals surface area contributed by atoms with Gasteiger partial charge >= 0.3 is 6.18 Å². The van der Waals surface area contributed by atoms with Crippen molar-refractivity contribution in [1.82, 2.24) is 15.1 Å². The second-order valence-corrected chi connectivity index (χ2v) is 12.8. The summed E-state index contributed by atoms with van der Waals surface area (Å²) in [4.78, 5) is 13.6. The van der Waals surface area contributed by atoms with Crippen molar-refractivity contribution in [3.05, 3.63) is 69.9 Å². The van der Waals surface area contributed by atoms with Crippen LogP contribution in [0, 0.1) is 13.8 Å². The van der Waals surface area contributed by atoms with Crippen LogP contribution in [0.4, 0.5) is 19.0 Å². The smallest absolute Gasteiger partial charge is 0.422 e. The SMILES string of the molecule is Cc1cc(C)cc(-n2nc3c(c2NC(O)CS(C)(=O)=O)C(=O)N[C@@]2(CCc4cc(OCC(F)(F)F)ccc42)C3)c1. The fourth-order valence-electron chi connectivity index (χ4n) is 5.61. The number of sulfone groups is 1. The number of hydrogen-bond acceptors (Lipinski definition) is 7. The van der Waals surface area contributed by atoms with Gasteiger partial charge in [0.1, 0.15) is 23.4 Å². The van der Waals surface area contributed by atoms with Crippen molar-refractivity contribution >= 4 is 21.6 Å². The first kappa shape index (κ1) is 28.0. The Labute approximate surface area is 229 Å². The zero-order valence-electron chi connectivity index (χ0n) is 22.1. The van der Waals surface area contributed by atoms with Gasteiger partial charge in [0.2, 0.25) is 0 Å². The Morgan fingerprint density at radius 1 is 1.20 bits per heavy atom. The first-order valence-corrected chi connectivity index (χ1v) is 14.7.